The number of carbonyl (C=O) groups is 3. The van der Waals surface area contributed by atoms with Gasteiger partial charge < -0.3 is 15.0 Å². The summed E-state index contributed by atoms with van der Waals surface area (Å²) >= 11 is 1.08. The number of amidine groups is 1. The van der Waals surface area contributed by atoms with Crippen molar-refractivity contribution < 1.29 is 19.1 Å². The Hall–Kier alpha value is -3.33. The molecular weight excluding hydrogens is 428 g/mol. The number of nitrogens with one attached hydrogen (secondary N) is 1. The van der Waals surface area contributed by atoms with Gasteiger partial charge in [0.1, 0.15) is 5.75 Å². The van der Waals surface area contributed by atoms with E-state index in [0.717, 1.165) is 28.8 Å². The summed E-state index contributed by atoms with van der Waals surface area (Å²) in [4.78, 5) is 38.0. The molecule has 2 aromatic carbocycles. The van der Waals surface area contributed by atoms with Gasteiger partial charge in [0.15, 0.2) is 5.17 Å². The van der Waals surface area contributed by atoms with Crippen LogP contribution in [0, 0.1) is 6.92 Å². The number of hydrogen-bond acceptors (Lipinski definition) is 6. The second-order valence-corrected chi connectivity index (χ2v) is 8.83. The van der Waals surface area contributed by atoms with Crippen LogP contribution in [0.4, 0.5) is 5.69 Å². The Morgan fingerprint density at radius 2 is 1.84 bits per heavy atom. The number of benzene rings is 2. The number of carbonyl (C=O) groups excluding carboxylic acids is 3. The largest absolute Gasteiger partial charge is 0.494 e. The van der Waals surface area contributed by atoms with E-state index in [0.29, 0.717) is 25.1 Å². The Labute approximate surface area is 190 Å². The van der Waals surface area contributed by atoms with E-state index < -0.39 is 4.87 Å². The van der Waals surface area contributed by atoms with Crippen LogP contribution in [0.5, 0.6) is 5.75 Å². The first-order valence-corrected chi connectivity index (χ1v) is 11.1. The second kappa shape index (κ2) is 8.66. The quantitative estimate of drug-likeness (QED) is 0.705. The summed E-state index contributed by atoms with van der Waals surface area (Å²) in [6.45, 7) is 5.60. The maximum atomic E-state index is 13.7. The molecule has 2 aromatic rings. The molecule has 166 valence electrons. The number of anilines is 1. The zero-order valence-corrected chi connectivity index (χ0v) is 18.9. The fourth-order valence-electron chi connectivity index (χ4n) is 3.83. The standard InChI is InChI=1S/C23H24N4O4S/c1-15-9-11-18(12-10-15)31-14-6-13-26-20-8-5-4-7-19(20)23(21(26)30)27(17(3)29)25-22(32-23)24-16(2)28/h4-5,7-12H,6,13-14H2,1-3H3,(H,24,25,28)/t23-/m1/s1. The lowest BCUT2D eigenvalue weighted by Crippen LogP contribution is -2.48. The van der Waals surface area contributed by atoms with Gasteiger partial charge in [-0.2, -0.15) is 5.01 Å². The molecule has 0 fully saturated rings. The van der Waals surface area contributed by atoms with Gasteiger partial charge in [0.2, 0.25) is 16.7 Å². The molecule has 2 aliphatic rings. The van der Waals surface area contributed by atoms with Crippen molar-refractivity contribution in [3.8, 4) is 5.75 Å². The van der Waals surface area contributed by atoms with Gasteiger partial charge in [-0.1, -0.05) is 35.9 Å². The number of rotatable bonds is 5. The highest BCUT2D eigenvalue weighted by Gasteiger charge is 2.60. The van der Waals surface area contributed by atoms with E-state index in [1.54, 1.807) is 4.90 Å². The van der Waals surface area contributed by atoms with Crippen molar-refractivity contribution >= 4 is 40.3 Å². The first-order chi connectivity index (χ1) is 15.3. The summed E-state index contributed by atoms with van der Waals surface area (Å²) in [7, 11) is 0. The predicted molar refractivity (Wildman–Crippen MR) is 123 cm³/mol. The van der Waals surface area contributed by atoms with Crippen molar-refractivity contribution in [1.29, 1.82) is 0 Å². The van der Waals surface area contributed by atoms with Crippen LogP contribution < -0.4 is 15.0 Å². The lowest BCUT2D eigenvalue weighted by Gasteiger charge is -2.29. The van der Waals surface area contributed by atoms with Gasteiger partial charge in [-0.15, -0.1) is 5.10 Å². The van der Waals surface area contributed by atoms with E-state index in [1.807, 2.05) is 55.5 Å². The average molecular weight is 453 g/mol. The van der Waals surface area contributed by atoms with Gasteiger partial charge in [-0.3, -0.25) is 14.4 Å². The van der Waals surface area contributed by atoms with Crippen LogP contribution in [-0.2, 0) is 19.3 Å². The van der Waals surface area contributed by atoms with Crippen LogP contribution in [0.15, 0.2) is 53.6 Å². The number of fused-ring (bicyclic) bond motifs is 2. The van der Waals surface area contributed by atoms with Gasteiger partial charge in [0, 0.05) is 26.0 Å². The number of nitrogens with zero attached hydrogens (tertiary/aromatic N) is 3. The van der Waals surface area contributed by atoms with Gasteiger partial charge in [-0.05, 0) is 43.3 Å². The maximum Gasteiger partial charge on any atom is 0.270 e. The molecule has 4 rings (SSSR count). The smallest absolute Gasteiger partial charge is 0.270 e. The van der Waals surface area contributed by atoms with Crippen LogP contribution in [0.2, 0.25) is 0 Å². The third kappa shape index (κ3) is 3.84. The van der Waals surface area contributed by atoms with Crippen LogP contribution in [0.3, 0.4) is 0 Å². The van der Waals surface area contributed by atoms with Crippen LogP contribution in [0.25, 0.3) is 0 Å². The Kier molecular flexibility index (Phi) is 5.92. The molecule has 0 unspecified atom stereocenters. The van der Waals surface area contributed by atoms with Crippen molar-refractivity contribution in [2.75, 3.05) is 18.1 Å². The molecule has 0 radical (unpaired) electrons. The van der Waals surface area contributed by atoms with E-state index in [1.165, 1.54) is 18.9 Å². The highest BCUT2D eigenvalue weighted by atomic mass is 32.2. The van der Waals surface area contributed by atoms with Gasteiger partial charge in [0.25, 0.3) is 5.91 Å². The molecule has 1 N–H and O–H groups in total. The normalized spacial score (nSPS) is 19.2. The van der Waals surface area contributed by atoms with Gasteiger partial charge in [0.05, 0.1) is 12.3 Å². The Bertz CT molecular complexity index is 1100. The number of hydrazone groups is 1. The van der Waals surface area contributed by atoms with Crippen molar-refractivity contribution in [2.45, 2.75) is 32.1 Å². The Balaban J connectivity index is 1.55. The Morgan fingerprint density at radius 3 is 2.53 bits per heavy atom. The minimum Gasteiger partial charge on any atom is -0.494 e. The molecular formula is C23H24N4O4S. The molecule has 0 bridgehead atoms. The fraction of sp³-hybridized carbons (Fsp3) is 0.304. The van der Waals surface area contributed by atoms with E-state index in [4.69, 9.17) is 4.74 Å². The number of ether oxygens (including phenoxy) is 1. The molecule has 0 saturated heterocycles. The van der Waals surface area contributed by atoms with E-state index in [-0.39, 0.29) is 22.9 Å². The van der Waals surface area contributed by atoms with Crippen LogP contribution >= 0.6 is 11.8 Å². The highest BCUT2D eigenvalue weighted by molar-refractivity contribution is 8.15. The van der Waals surface area contributed by atoms with Crippen LogP contribution in [0.1, 0.15) is 31.4 Å². The second-order valence-electron chi connectivity index (χ2n) is 7.65. The summed E-state index contributed by atoms with van der Waals surface area (Å²) < 4.78 is 5.80. The lowest BCUT2D eigenvalue weighted by molar-refractivity contribution is -0.139. The summed E-state index contributed by atoms with van der Waals surface area (Å²) in [5, 5.41) is 8.25. The highest BCUT2D eigenvalue weighted by Crippen LogP contribution is 2.54. The van der Waals surface area contributed by atoms with Gasteiger partial charge >= 0.3 is 0 Å². The average Bonchev–Trinajstić information content (AvgIpc) is 3.24. The molecule has 0 aromatic heterocycles. The zero-order valence-electron chi connectivity index (χ0n) is 18.1. The number of para-hydroxylation sites is 1. The molecule has 1 spiro atoms. The minimum absolute atomic E-state index is 0.223. The molecule has 9 heteroatoms. The lowest BCUT2D eigenvalue weighted by atomic mass is 10.1. The third-order valence-electron chi connectivity index (χ3n) is 5.23. The Morgan fingerprint density at radius 1 is 1.12 bits per heavy atom. The predicted octanol–water partition coefficient (Wildman–Crippen LogP) is 2.97. The number of aryl methyl sites for hydroxylation is 1. The third-order valence-corrected chi connectivity index (χ3v) is 6.47. The van der Waals surface area contributed by atoms with Crippen molar-refractivity contribution in [2.24, 2.45) is 5.10 Å². The number of thioether (sulfide) groups is 1. The molecule has 2 heterocycles. The molecule has 0 aliphatic carbocycles. The molecule has 2 aliphatic heterocycles. The summed E-state index contributed by atoms with van der Waals surface area (Å²) in [6, 6.07) is 15.2. The SMILES string of the molecule is CC(=O)NC1=NN(C(C)=O)[C@]2(S1)C(=O)N(CCCOc1ccc(C)cc1)c1ccccc12. The summed E-state index contributed by atoms with van der Waals surface area (Å²) in [5.74, 6) is -0.188. The fourth-order valence-corrected chi connectivity index (χ4v) is 5.17. The summed E-state index contributed by atoms with van der Waals surface area (Å²) in [6.07, 6.45) is 0.605. The first-order valence-electron chi connectivity index (χ1n) is 10.3. The van der Waals surface area contributed by atoms with Crippen LogP contribution in [-0.4, -0.2) is 41.0 Å². The van der Waals surface area contributed by atoms with E-state index in [2.05, 4.69) is 10.4 Å². The van der Waals surface area contributed by atoms with Crippen molar-refractivity contribution in [1.82, 2.24) is 10.3 Å². The molecule has 3 amide bonds. The molecule has 1 atom stereocenters. The molecule has 8 nitrogen and oxygen atoms in total. The van der Waals surface area contributed by atoms with E-state index in [9.17, 15) is 14.4 Å². The molecule has 32 heavy (non-hydrogen) atoms. The number of hydrogen-bond donors (Lipinski definition) is 1. The monoisotopic (exact) mass is 452 g/mol. The summed E-state index contributed by atoms with van der Waals surface area (Å²) in [5.41, 5.74) is 2.56. The minimum atomic E-state index is -1.36. The topological polar surface area (TPSA) is 91.3 Å². The van der Waals surface area contributed by atoms with Gasteiger partial charge in [-0.25, -0.2) is 0 Å². The zero-order chi connectivity index (χ0) is 22.9. The first kappa shape index (κ1) is 21.9. The molecule has 0 saturated carbocycles. The van der Waals surface area contributed by atoms with Crippen molar-refractivity contribution in [3.05, 3.63) is 59.7 Å². The van der Waals surface area contributed by atoms with E-state index >= 15 is 0 Å². The number of amides is 3. The maximum absolute atomic E-state index is 13.7. The van der Waals surface area contributed by atoms with Crippen molar-refractivity contribution in [3.63, 3.8) is 0 Å².